The number of hydrogen-bond acceptors (Lipinski definition) is 4. The number of benzene rings is 2. The average Bonchev–Trinajstić information content (AvgIpc) is 2.53. The number of rotatable bonds is 8. The topological polar surface area (TPSA) is 86.7 Å². The minimum atomic E-state index is -4.56. The van der Waals surface area contributed by atoms with Crippen molar-refractivity contribution < 1.29 is 74.2 Å². The van der Waals surface area contributed by atoms with Crippen molar-refractivity contribution in [3.05, 3.63) is 48.0 Å². The summed E-state index contributed by atoms with van der Waals surface area (Å²) in [7, 11) is -4.56. The quantitative estimate of drug-likeness (QED) is 0.413. The SMILES string of the molecule is CCCCCCc1cc([O-])cc(S(=O)(=O)O)c1Oc1ccccc1.[K+]. The maximum atomic E-state index is 11.8. The van der Waals surface area contributed by atoms with Crippen molar-refractivity contribution in [2.75, 3.05) is 0 Å². The molecule has 0 saturated carbocycles. The molecule has 0 spiro atoms. The van der Waals surface area contributed by atoms with Gasteiger partial charge in [-0.05, 0) is 36.6 Å². The van der Waals surface area contributed by atoms with E-state index in [0.29, 0.717) is 17.7 Å². The average molecular weight is 389 g/mol. The predicted molar refractivity (Wildman–Crippen MR) is 90.1 cm³/mol. The van der Waals surface area contributed by atoms with E-state index in [1.807, 2.05) is 6.07 Å². The first kappa shape index (κ1) is 22.6. The van der Waals surface area contributed by atoms with Gasteiger partial charge < -0.3 is 9.84 Å². The zero-order valence-electron chi connectivity index (χ0n) is 14.6. The van der Waals surface area contributed by atoms with Gasteiger partial charge in [-0.3, -0.25) is 4.55 Å². The zero-order chi connectivity index (χ0) is 17.6. The van der Waals surface area contributed by atoms with E-state index in [4.69, 9.17) is 4.74 Å². The normalized spacial score (nSPS) is 11.0. The van der Waals surface area contributed by atoms with Crippen molar-refractivity contribution in [2.45, 2.75) is 43.9 Å². The molecule has 2 aromatic carbocycles. The Balaban J connectivity index is 0.00000312. The molecule has 0 amide bonds. The number of unbranched alkanes of at least 4 members (excludes halogenated alkanes) is 3. The Morgan fingerprint density at radius 1 is 1.08 bits per heavy atom. The Morgan fingerprint density at radius 3 is 2.36 bits per heavy atom. The number of aryl methyl sites for hydroxylation is 1. The van der Waals surface area contributed by atoms with Crippen LogP contribution in [0.5, 0.6) is 17.2 Å². The Kier molecular flexibility index (Phi) is 9.65. The second kappa shape index (κ2) is 10.7. The fraction of sp³-hybridized carbons (Fsp3) is 0.333. The maximum Gasteiger partial charge on any atom is 1.00 e. The van der Waals surface area contributed by atoms with E-state index in [0.717, 1.165) is 31.7 Å². The molecule has 0 fully saturated rings. The molecule has 0 heterocycles. The van der Waals surface area contributed by atoms with E-state index in [1.165, 1.54) is 6.07 Å². The van der Waals surface area contributed by atoms with Crippen LogP contribution in [0.2, 0.25) is 0 Å². The van der Waals surface area contributed by atoms with Gasteiger partial charge in [0.25, 0.3) is 10.1 Å². The van der Waals surface area contributed by atoms with Gasteiger partial charge in [0.05, 0.1) is 0 Å². The maximum absolute atomic E-state index is 11.8. The van der Waals surface area contributed by atoms with Gasteiger partial charge >= 0.3 is 51.4 Å². The Labute approximate surface area is 191 Å². The third kappa shape index (κ3) is 7.01. The third-order valence-corrected chi connectivity index (χ3v) is 4.51. The molecular weight excluding hydrogens is 367 g/mol. The molecule has 5 nitrogen and oxygen atoms in total. The smallest absolute Gasteiger partial charge is 0.872 e. The van der Waals surface area contributed by atoms with Gasteiger partial charge in [0, 0.05) is 0 Å². The summed E-state index contributed by atoms with van der Waals surface area (Å²) in [6.45, 7) is 2.10. The summed E-state index contributed by atoms with van der Waals surface area (Å²) in [4.78, 5) is -0.482. The molecule has 2 aromatic rings. The molecule has 0 aromatic heterocycles. The van der Waals surface area contributed by atoms with Gasteiger partial charge in [0.15, 0.2) is 5.75 Å². The first-order chi connectivity index (χ1) is 11.4. The Bertz CT molecular complexity index is 776. The van der Waals surface area contributed by atoms with E-state index < -0.39 is 20.8 Å². The summed E-state index contributed by atoms with van der Waals surface area (Å²) in [5.41, 5.74) is 0.495. The fourth-order valence-corrected chi connectivity index (χ4v) is 3.15. The van der Waals surface area contributed by atoms with E-state index in [9.17, 15) is 18.1 Å². The molecule has 0 atom stereocenters. The molecule has 0 aliphatic carbocycles. The van der Waals surface area contributed by atoms with Crippen molar-refractivity contribution >= 4 is 10.1 Å². The summed E-state index contributed by atoms with van der Waals surface area (Å²) in [5, 5.41) is 11.8. The summed E-state index contributed by atoms with van der Waals surface area (Å²) in [6, 6.07) is 10.9. The number of hydrogen-bond donors (Lipinski definition) is 1. The second-order valence-electron chi connectivity index (χ2n) is 5.61. The molecule has 0 aliphatic rings. The summed E-state index contributed by atoms with van der Waals surface area (Å²) in [6.07, 6.45) is 4.45. The van der Waals surface area contributed by atoms with Gasteiger partial charge in [-0.15, -0.1) is 5.75 Å². The van der Waals surface area contributed by atoms with E-state index in [-0.39, 0.29) is 57.1 Å². The van der Waals surface area contributed by atoms with Crippen LogP contribution in [0.1, 0.15) is 38.2 Å². The van der Waals surface area contributed by atoms with Crippen molar-refractivity contribution in [3.63, 3.8) is 0 Å². The molecule has 1 N–H and O–H groups in total. The van der Waals surface area contributed by atoms with Gasteiger partial charge in [0.1, 0.15) is 10.6 Å². The van der Waals surface area contributed by atoms with Gasteiger partial charge in [0.2, 0.25) is 0 Å². The largest absolute Gasteiger partial charge is 1.00 e. The van der Waals surface area contributed by atoms with Crippen LogP contribution in [0.25, 0.3) is 0 Å². The Morgan fingerprint density at radius 2 is 1.76 bits per heavy atom. The third-order valence-electron chi connectivity index (χ3n) is 3.65. The van der Waals surface area contributed by atoms with Crippen molar-refractivity contribution in [2.24, 2.45) is 0 Å². The first-order valence-electron chi connectivity index (χ1n) is 7.96. The number of ether oxygens (including phenoxy) is 1. The molecule has 0 saturated heterocycles. The van der Waals surface area contributed by atoms with Crippen molar-refractivity contribution in [1.29, 1.82) is 0 Å². The summed E-state index contributed by atoms with van der Waals surface area (Å²) >= 11 is 0. The van der Waals surface area contributed by atoms with Crippen LogP contribution in [-0.2, 0) is 16.5 Å². The van der Waals surface area contributed by atoms with Crippen LogP contribution in [-0.4, -0.2) is 13.0 Å². The van der Waals surface area contributed by atoms with Crippen LogP contribution in [0.15, 0.2) is 47.4 Å². The minimum Gasteiger partial charge on any atom is -0.872 e. The fourth-order valence-electron chi connectivity index (χ4n) is 2.47. The summed E-state index contributed by atoms with van der Waals surface area (Å²) < 4.78 is 38.5. The van der Waals surface area contributed by atoms with Crippen LogP contribution in [0, 0.1) is 0 Å². The van der Waals surface area contributed by atoms with Crippen molar-refractivity contribution in [3.8, 4) is 17.2 Å². The molecule has 0 bridgehead atoms. The monoisotopic (exact) mass is 388 g/mol. The van der Waals surface area contributed by atoms with E-state index in [2.05, 4.69) is 6.92 Å². The molecule has 25 heavy (non-hydrogen) atoms. The molecule has 0 radical (unpaired) electrons. The standard InChI is InChI=1S/C18H22O5S.K/c1-2-3-4-6-9-14-12-15(19)13-17(24(20,21)22)18(14)23-16-10-7-5-8-11-16;/h5,7-8,10-13,19H,2-4,6,9H2,1H3,(H,20,21,22);/q;+1/p-1. The minimum absolute atomic E-state index is 0. The zero-order valence-corrected chi connectivity index (χ0v) is 18.5. The van der Waals surface area contributed by atoms with Crippen LogP contribution in [0.3, 0.4) is 0 Å². The van der Waals surface area contributed by atoms with Crippen LogP contribution in [0.4, 0.5) is 0 Å². The van der Waals surface area contributed by atoms with Crippen molar-refractivity contribution in [1.82, 2.24) is 0 Å². The van der Waals surface area contributed by atoms with E-state index >= 15 is 0 Å². The molecular formula is C18H21KO5S. The second-order valence-corrected chi connectivity index (χ2v) is 7.00. The molecule has 130 valence electrons. The van der Waals surface area contributed by atoms with E-state index in [1.54, 1.807) is 24.3 Å². The van der Waals surface area contributed by atoms with Crippen LogP contribution >= 0.6 is 0 Å². The molecule has 7 heteroatoms. The number of para-hydroxylation sites is 1. The predicted octanol–water partition coefficient (Wildman–Crippen LogP) is 0.926. The van der Waals surface area contributed by atoms with Gasteiger partial charge in [-0.1, -0.05) is 50.5 Å². The van der Waals surface area contributed by atoms with Crippen LogP contribution < -0.4 is 61.2 Å². The molecule has 0 aliphatic heterocycles. The molecule has 0 unspecified atom stereocenters. The summed E-state index contributed by atoms with van der Waals surface area (Å²) in [5.74, 6) is 0.00387. The first-order valence-corrected chi connectivity index (χ1v) is 9.40. The van der Waals surface area contributed by atoms with Gasteiger partial charge in [-0.2, -0.15) is 8.42 Å². The van der Waals surface area contributed by atoms with Gasteiger partial charge in [-0.25, -0.2) is 0 Å². The Hall–Kier alpha value is -0.414. The molecule has 2 rings (SSSR count).